The molecule has 0 saturated carbocycles. The maximum atomic E-state index is 12.7. The van der Waals surface area contributed by atoms with Gasteiger partial charge in [0, 0.05) is 17.2 Å². The highest BCUT2D eigenvalue weighted by Crippen LogP contribution is 2.36. The van der Waals surface area contributed by atoms with Gasteiger partial charge in [0.05, 0.1) is 11.5 Å². The Labute approximate surface area is 179 Å². The van der Waals surface area contributed by atoms with Crippen molar-refractivity contribution in [2.75, 3.05) is 17.2 Å². The Hall–Kier alpha value is -3.50. The minimum Gasteiger partial charge on any atom is -0.450 e. The molecular weight excluding hydrogens is 432 g/mol. The number of nitrogens with one attached hydrogen (secondary N) is 2. The van der Waals surface area contributed by atoms with Gasteiger partial charge in [-0.05, 0) is 19.1 Å². The maximum absolute atomic E-state index is 12.7. The second kappa shape index (κ2) is 9.33. The molecule has 9 nitrogen and oxygen atoms in total. The Morgan fingerprint density at radius 3 is 2.60 bits per heavy atom. The largest absolute Gasteiger partial charge is 0.450 e. The van der Waals surface area contributed by atoms with Gasteiger partial charge in [-0.2, -0.15) is 0 Å². The van der Waals surface area contributed by atoms with E-state index in [-0.39, 0.29) is 28.0 Å². The molecule has 0 unspecified atom stereocenters. The molecule has 154 valence electrons. The molecule has 0 saturated heterocycles. The molecule has 2 aromatic carbocycles. The SMILES string of the molecule is CCOC(=O)Nc1nc(-c2ccccc2)c(NC(=O)c2ccc(Cl)c([N+](=O)[O-])c2)s1. The van der Waals surface area contributed by atoms with E-state index in [9.17, 15) is 19.7 Å². The van der Waals surface area contributed by atoms with Crippen molar-refractivity contribution in [2.24, 2.45) is 0 Å². The van der Waals surface area contributed by atoms with Crippen LogP contribution in [0.3, 0.4) is 0 Å². The molecule has 0 aliphatic rings. The van der Waals surface area contributed by atoms with Crippen LogP contribution in [0.15, 0.2) is 48.5 Å². The second-order valence-corrected chi connectivity index (χ2v) is 7.19. The Morgan fingerprint density at radius 2 is 1.93 bits per heavy atom. The number of nitrogens with zero attached hydrogens (tertiary/aromatic N) is 2. The number of nitro benzene ring substituents is 1. The van der Waals surface area contributed by atoms with Gasteiger partial charge >= 0.3 is 6.09 Å². The maximum Gasteiger partial charge on any atom is 0.413 e. The predicted molar refractivity (Wildman–Crippen MR) is 114 cm³/mol. The molecule has 0 aliphatic carbocycles. The van der Waals surface area contributed by atoms with E-state index in [1.54, 1.807) is 31.2 Å². The van der Waals surface area contributed by atoms with Crippen molar-refractivity contribution < 1.29 is 19.2 Å². The number of benzene rings is 2. The van der Waals surface area contributed by atoms with Crippen molar-refractivity contribution in [2.45, 2.75) is 6.92 Å². The number of amides is 2. The lowest BCUT2D eigenvalue weighted by Gasteiger charge is -2.06. The van der Waals surface area contributed by atoms with Gasteiger partial charge in [0.25, 0.3) is 11.6 Å². The number of carbonyl (C=O) groups is 2. The normalized spacial score (nSPS) is 10.3. The molecule has 2 amide bonds. The van der Waals surface area contributed by atoms with Crippen LogP contribution in [0, 0.1) is 10.1 Å². The van der Waals surface area contributed by atoms with E-state index in [0.29, 0.717) is 16.3 Å². The van der Waals surface area contributed by atoms with E-state index in [0.717, 1.165) is 17.4 Å². The van der Waals surface area contributed by atoms with E-state index < -0.39 is 16.9 Å². The van der Waals surface area contributed by atoms with E-state index in [4.69, 9.17) is 16.3 Å². The van der Waals surface area contributed by atoms with Crippen LogP contribution in [0.4, 0.5) is 20.6 Å². The van der Waals surface area contributed by atoms with Gasteiger partial charge in [-0.1, -0.05) is 53.3 Å². The first-order valence-corrected chi connectivity index (χ1v) is 9.83. The molecule has 2 N–H and O–H groups in total. The Bertz CT molecular complexity index is 1100. The van der Waals surface area contributed by atoms with Crippen LogP contribution in [0.1, 0.15) is 17.3 Å². The molecule has 1 heterocycles. The molecule has 0 atom stereocenters. The molecule has 30 heavy (non-hydrogen) atoms. The van der Waals surface area contributed by atoms with Crippen molar-refractivity contribution in [3.8, 4) is 11.3 Å². The monoisotopic (exact) mass is 446 g/mol. The first kappa shape index (κ1) is 21.2. The molecule has 0 spiro atoms. The summed E-state index contributed by atoms with van der Waals surface area (Å²) in [6, 6.07) is 12.8. The second-order valence-electron chi connectivity index (χ2n) is 5.79. The fourth-order valence-corrected chi connectivity index (χ4v) is 3.53. The number of nitro groups is 1. The topological polar surface area (TPSA) is 123 Å². The third-order valence-corrected chi connectivity index (χ3v) is 5.00. The molecule has 0 bridgehead atoms. The number of hydrogen-bond donors (Lipinski definition) is 2. The molecule has 3 rings (SSSR count). The zero-order chi connectivity index (χ0) is 21.7. The van der Waals surface area contributed by atoms with E-state index in [1.165, 1.54) is 12.1 Å². The third-order valence-electron chi connectivity index (χ3n) is 3.79. The van der Waals surface area contributed by atoms with Gasteiger partial charge in [-0.25, -0.2) is 9.78 Å². The van der Waals surface area contributed by atoms with E-state index >= 15 is 0 Å². The number of carbonyl (C=O) groups excluding carboxylic acids is 2. The number of halogens is 1. The number of thiazole rings is 1. The molecule has 0 radical (unpaired) electrons. The summed E-state index contributed by atoms with van der Waals surface area (Å²) >= 11 is 6.84. The summed E-state index contributed by atoms with van der Waals surface area (Å²) in [6.45, 7) is 1.87. The van der Waals surface area contributed by atoms with Crippen molar-refractivity contribution in [3.63, 3.8) is 0 Å². The number of hydrogen-bond acceptors (Lipinski definition) is 7. The molecule has 1 aromatic heterocycles. The summed E-state index contributed by atoms with van der Waals surface area (Å²) in [5.74, 6) is -0.585. The Balaban J connectivity index is 1.93. The highest BCUT2D eigenvalue weighted by atomic mass is 35.5. The molecule has 0 aliphatic heterocycles. The van der Waals surface area contributed by atoms with Crippen molar-refractivity contribution >= 4 is 50.8 Å². The van der Waals surface area contributed by atoms with Gasteiger partial charge in [0.15, 0.2) is 5.13 Å². The van der Waals surface area contributed by atoms with Crippen LogP contribution < -0.4 is 10.6 Å². The number of aromatic nitrogens is 1. The van der Waals surface area contributed by atoms with E-state index in [1.807, 2.05) is 6.07 Å². The third kappa shape index (κ3) is 4.91. The highest BCUT2D eigenvalue weighted by Gasteiger charge is 2.20. The standard InChI is InChI=1S/C19H15ClN4O5S/c1-2-29-19(26)23-18-21-15(11-6-4-3-5-7-11)17(30-18)22-16(25)12-8-9-13(20)14(10-12)24(27)28/h3-10H,2H2,1H3,(H,22,25)(H,21,23,26). The summed E-state index contributed by atoms with van der Waals surface area (Å²) in [5.41, 5.74) is 0.826. The Kier molecular flexibility index (Phi) is 6.60. The van der Waals surface area contributed by atoms with Crippen molar-refractivity contribution in [3.05, 3.63) is 69.2 Å². The fourth-order valence-electron chi connectivity index (χ4n) is 2.47. The first-order chi connectivity index (χ1) is 14.4. The summed E-state index contributed by atoms with van der Waals surface area (Å²) < 4.78 is 4.85. The highest BCUT2D eigenvalue weighted by molar-refractivity contribution is 7.20. The molecule has 3 aromatic rings. The van der Waals surface area contributed by atoms with Crippen LogP contribution in [0.25, 0.3) is 11.3 Å². The lowest BCUT2D eigenvalue weighted by Crippen LogP contribution is -2.12. The van der Waals surface area contributed by atoms with Crippen LogP contribution in [0.2, 0.25) is 5.02 Å². The number of ether oxygens (including phenoxy) is 1. The van der Waals surface area contributed by atoms with Crippen LogP contribution in [-0.2, 0) is 4.74 Å². The summed E-state index contributed by atoms with van der Waals surface area (Å²) in [7, 11) is 0. The molecule has 11 heteroatoms. The van der Waals surface area contributed by atoms with Gasteiger partial charge in [-0.15, -0.1) is 0 Å². The van der Waals surface area contributed by atoms with E-state index in [2.05, 4.69) is 15.6 Å². The fraction of sp³-hybridized carbons (Fsp3) is 0.105. The number of anilines is 2. The quantitative estimate of drug-likeness (QED) is 0.396. The Morgan fingerprint density at radius 1 is 1.20 bits per heavy atom. The van der Waals surface area contributed by atoms with Gasteiger partial charge in [-0.3, -0.25) is 20.2 Å². The average molecular weight is 447 g/mol. The van der Waals surface area contributed by atoms with Gasteiger partial charge in [0.2, 0.25) is 0 Å². The smallest absolute Gasteiger partial charge is 0.413 e. The van der Waals surface area contributed by atoms with Crippen molar-refractivity contribution in [1.82, 2.24) is 4.98 Å². The zero-order valence-electron chi connectivity index (χ0n) is 15.5. The van der Waals surface area contributed by atoms with Crippen LogP contribution in [-0.4, -0.2) is 28.5 Å². The summed E-state index contributed by atoms with van der Waals surface area (Å²) in [4.78, 5) is 39.2. The van der Waals surface area contributed by atoms with Crippen LogP contribution >= 0.6 is 22.9 Å². The summed E-state index contributed by atoms with van der Waals surface area (Å²) in [6.07, 6.45) is -0.669. The average Bonchev–Trinajstić information content (AvgIpc) is 3.10. The lowest BCUT2D eigenvalue weighted by molar-refractivity contribution is -0.384. The van der Waals surface area contributed by atoms with Crippen molar-refractivity contribution in [1.29, 1.82) is 0 Å². The number of rotatable bonds is 6. The van der Waals surface area contributed by atoms with Gasteiger partial charge in [0.1, 0.15) is 15.7 Å². The van der Waals surface area contributed by atoms with Gasteiger partial charge < -0.3 is 10.1 Å². The van der Waals surface area contributed by atoms with Crippen LogP contribution in [0.5, 0.6) is 0 Å². The first-order valence-electron chi connectivity index (χ1n) is 8.64. The minimum absolute atomic E-state index is 0.0541. The predicted octanol–water partition coefficient (Wildman–Crippen LogP) is 5.19. The zero-order valence-corrected chi connectivity index (χ0v) is 17.1. The minimum atomic E-state index is -0.669. The molecular formula is C19H15ClN4O5S. The molecule has 0 fully saturated rings. The summed E-state index contributed by atoms with van der Waals surface area (Å²) in [5, 5.41) is 16.8. The lowest BCUT2D eigenvalue weighted by atomic mass is 10.1.